The van der Waals surface area contributed by atoms with E-state index in [-0.39, 0.29) is 10.9 Å². The maximum atomic E-state index is 12.7. The number of nitrogens with one attached hydrogen (secondary N) is 1. The maximum absolute atomic E-state index is 12.7. The number of fused-ring (bicyclic) bond motifs is 1. The lowest BCUT2D eigenvalue weighted by Crippen LogP contribution is -2.13. The first-order valence-electron chi connectivity index (χ1n) is 8.69. The fourth-order valence-corrected chi connectivity index (χ4v) is 3.67. The number of sulfone groups is 1. The predicted octanol–water partition coefficient (Wildman–Crippen LogP) is 3.83. The Balaban J connectivity index is 1.55. The Morgan fingerprint density at radius 2 is 1.87 bits per heavy atom. The van der Waals surface area contributed by atoms with E-state index in [0.29, 0.717) is 27.9 Å². The monoisotopic (exact) mass is 442 g/mol. The summed E-state index contributed by atoms with van der Waals surface area (Å²) in [6, 6.07) is 15.0. The van der Waals surface area contributed by atoms with Gasteiger partial charge in [-0.25, -0.2) is 18.4 Å². The molecule has 0 aliphatic carbocycles. The normalized spacial score (nSPS) is 11.4. The Morgan fingerprint density at radius 1 is 1.10 bits per heavy atom. The molecular formula is C20H15ClN4O4S. The zero-order chi connectivity index (χ0) is 21.3. The number of amides is 1. The molecular weight excluding hydrogens is 428 g/mol. The third-order valence-electron chi connectivity index (χ3n) is 4.09. The van der Waals surface area contributed by atoms with Gasteiger partial charge in [0.2, 0.25) is 20.9 Å². The second-order valence-electron chi connectivity index (χ2n) is 6.37. The summed E-state index contributed by atoms with van der Waals surface area (Å²) in [5, 5.41) is 3.06. The van der Waals surface area contributed by atoms with Gasteiger partial charge in [0.05, 0.1) is 17.4 Å². The highest BCUT2D eigenvalue weighted by Gasteiger charge is 2.22. The molecule has 0 bridgehead atoms. The molecule has 1 amide bonds. The van der Waals surface area contributed by atoms with E-state index in [1.54, 1.807) is 60.8 Å². The number of ether oxygens (including phenoxy) is 1. The molecule has 10 heteroatoms. The van der Waals surface area contributed by atoms with E-state index in [9.17, 15) is 13.2 Å². The van der Waals surface area contributed by atoms with Crippen molar-refractivity contribution < 1.29 is 17.9 Å². The predicted molar refractivity (Wildman–Crippen MR) is 112 cm³/mol. The topological polar surface area (TPSA) is 103 Å². The van der Waals surface area contributed by atoms with Gasteiger partial charge in [0.1, 0.15) is 5.75 Å². The van der Waals surface area contributed by atoms with E-state index in [0.717, 1.165) is 6.26 Å². The van der Waals surface area contributed by atoms with Crippen molar-refractivity contribution >= 4 is 38.5 Å². The van der Waals surface area contributed by atoms with Crippen LogP contribution in [-0.2, 0) is 9.84 Å². The highest BCUT2D eigenvalue weighted by atomic mass is 35.5. The number of carbonyl (C=O) groups is 1. The summed E-state index contributed by atoms with van der Waals surface area (Å²) in [6.07, 6.45) is 4.01. The summed E-state index contributed by atoms with van der Waals surface area (Å²) >= 11 is 5.85. The van der Waals surface area contributed by atoms with Crippen molar-refractivity contribution in [2.75, 3.05) is 11.6 Å². The van der Waals surface area contributed by atoms with Gasteiger partial charge in [-0.15, -0.1) is 0 Å². The molecule has 0 radical (unpaired) electrons. The third-order valence-corrected chi connectivity index (χ3v) is 5.30. The van der Waals surface area contributed by atoms with Crippen LogP contribution in [0, 0.1) is 0 Å². The Kier molecular flexibility index (Phi) is 5.15. The van der Waals surface area contributed by atoms with Crippen LogP contribution < -0.4 is 10.1 Å². The Hall–Kier alpha value is -3.43. The third kappa shape index (κ3) is 4.12. The molecule has 3 heterocycles. The number of aromatic nitrogens is 3. The first-order chi connectivity index (χ1) is 14.3. The van der Waals surface area contributed by atoms with Gasteiger partial charge in [-0.1, -0.05) is 17.7 Å². The summed E-state index contributed by atoms with van der Waals surface area (Å²) in [5.74, 6) is 0.352. The van der Waals surface area contributed by atoms with Gasteiger partial charge in [-0.3, -0.25) is 9.20 Å². The Bertz CT molecular complexity index is 1330. The second kappa shape index (κ2) is 7.77. The van der Waals surface area contributed by atoms with E-state index in [4.69, 9.17) is 16.3 Å². The fourth-order valence-electron chi connectivity index (χ4n) is 2.77. The summed E-state index contributed by atoms with van der Waals surface area (Å²) in [5.41, 5.74) is 0.782. The number of nitrogens with zero attached hydrogens (tertiary/aromatic N) is 3. The molecule has 0 atom stereocenters. The maximum Gasteiger partial charge on any atom is 0.276 e. The van der Waals surface area contributed by atoms with Gasteiger partial charge < -0.3 is 10.1 Å². The average Bonchev–Trinajstić information content (AvgIpc) is 3.11. The zero-order valence-electron chi connectivity index (χ0n) is 15.6. The van der Waals surface area contributed by atoms with Gasteiger partial charge in [0, 0.05) is 23.5 Å². The number of benzene rings is 1. The molecule has 4 rings (SSSR count). The molecule has 1 N–H and O–H groups in total. The van der Waals surface area contributed by atoms with Gasteiger partial charge in [0.25, 0.3) is 5.91 Å². The van der Waals surface area contributed by atoms with E-state index >= 15 is 0 Å². The quantitative estimate of drug-likeness (QED) is 0.504. The molecule has 1 aromatic carbocycles. The number of hydrogen-bond acceptors (Lipinski definition) is 6. The lowest BCUT2D eigenvalue weighted by Gasteiger charge is -2.07. The van der Waals surface area contributed by atoms with Crippen molar-refractivity contribution in [1.82, 2.24) is 14.4 Å². The molecule has 0 saturated carbocycles. The van der Waals surface area contributed by atoms with E-state index in [2.05, 4.69) is 15.3 Å². The first kappa shape index (κ1) is 19.9. The molecule has 0 fully saturated rings. The van der Waals surface area contributed by atoms with E-state index in [1.807, 2.05) is 0 Å². The van der Waals surface area contributed by atoms with Gasteiger partial charge >= 0.3 is 0 Å². The minimum atomic E-state index is -3.62. The minimum absolute atomic E-state index is 0.00230. The molecule has 0 aliphatic rings. The van der Waals surface area contributed by atoms with Gasteiger partial charge in [-0.05, 0) is 42.5 Å². The van der Waals surface area contributed by atoms with Gasteiger partial charge in [0.15, 0.2) is 5.69 Å². The number of hydrogen-bond donors (Lipinski definition) is 1. The summed E-state index contributed by atoms with van der Waals surface area (Å²) in [6.45, 7) is 0. The summed E-state index contributed by atoms with van der Waals surface area (Å²) in [4.78, 5) is 20.9. The highest BCUT2D eigenvalue weighted by molar-refractivity contribution is 7.90. The second-order valence-corrected chi connectivity index (χ2v) is 8.71. The fraction of sp³-hybridized carbons (Fsp3) is 0.0500. The molecule has 0 spiro atoms. The Morgan fingerprint density at radius 3 is 2.53 bits per heavy atom. The molecule has 30 heavy (non-hydrogen) atoms. The SMILES string of the molecule is CS(=O)(=O)c1nc(C(=O)Nc2ccc(Oc3ccc(Cl)cc3)nc2)c2ccccn12. The average molecular weight is 443 g/mol. The van der Waals surface area contributed by atoms with Gasteiger partial charge in [-0.2, -0.15) is 0 Å². The van der Waals surface area contributed by atoms with Crippen molar-refractivity contribution in [2.45, 2.75) is 5.16 Å². The summed E-state index contributed by atoms with van der Waals surface area (Å²) in [7, 11) is -3.62. The van der Waals surface area contributed by atoms with Crippen LogP contribution in [-0.4, -0.2) is 34.9 Å². The van der Waals surface area contributed by atoms with Crippen LogP contribution in [0.4, 0.5) is 5.69 Å². The number of rotatable bonds is 5. The van der Waals surface area contributed by atoms with Crippen LogP contribution in [0.5, 0.6) is 11.6 Å². The molecule has 3 aromatic heterocycles. The molecule has 0 aliphatic heterocycles. The molecule has 152 valence electrons. The standard InChI is InChI=1S/C20H15ClN4O4S/c1-30(27,28)20-24-18(16-4-2-3-11-25(16)20)19(26)23-14-7-10-17(22-12-14)29-15-8-5-13(21)6-9-15/h2-12H,1H3,(H,23,26). The highest BCUT2D eigenvalue weighted by Crippen LogP contribution is 2.23. The smallest absolute Gasteiger partial charge is 0.276 e. The van der Waals surface area contributed by atoms with Crippen molar-refractivity contribution in [3.05, 3.63) is 77.7 Å². The van der Waals surface area contributed by atoms with Crippen LogP contribution in [0.2, 0.25) is 5.02 Å². The van der Waals surface area contributed by atoms with Crippen molar-refractivity contribution in [2.24, 2.45) is 0 Å². The lowest BCUT2D eigenvalue weighted by atomic mass is 10.3. The van der Waals surface area contributed by atoms with Crippen molar-refractivity contribution in [3.8, 4) is 11.6 Å². The van der Waals surface area contributed by atoms with E-state index in [1.165, 1.54) is 10.6 Å². The van der Waals surface area contributed by atoms with Crippen molar-refractivity contribution in [1.29, 1.82) is 0 Å². The van der Waals surface area contributed by atoms with Crippen LogP contribution in [0.25, 0.3) is 5.52 Å². The first-order valence-corrected chi connectivity index (χ1v) is 11.0. The molecule has 8 nitrogen and oxygen atoms in total. The zero-order valence-corrected chi connectivity index (χ0v) is 17.2. The minimum Gasteiger partial charge on any atom is -0.439 e. The molecule has 0 saturated heterocycles. The molecule has 4 aromatic rings. The summed E-state index contributed by atoms with van der Waals surface area (Å²) < 4.78 is 31.0. The van der Waals surface area contributed by atoms with Crippen LogP contribution in [0.1, 0.15) is 10.5 Å². The number of anilines is 1. The van der Waals surface area contributed by atoms with Crippen molar-refractivity contribution in [3.63, 3.8) is 0 Å². The number of imidazole rings is 1. The van der Waals surface area contributed by atoms with Crippen LogP contribution in [0.3, 0.4) is 0 Å². The van der Waals surface area contributed by atoms with Crippen LogP contribution >= 0.6 is 11.6 Å². The van der Waals surface area contributed by atoms with E-state index < -0.39 is 15.7 Å². The number of carbonyl (C=O) groups excluding carboxylic acids is 1. The Labute approximate surface area is 177 Å². The lowest BCUT2D eigenvalue weighted by molar-refractivity contribution is 0.102. The van der Waals surface area contributed by atoms with Crippen LogP contribution in [0.15, 0.2) is 72.1 Å². The number of pyridine rings is 2. The molecule has 0 unspecified atom stereocenters. The number of halogens is 1. The largest absolute Gasteiger partial charge is 0.439 e.